The van der Waals surface area contributed by atoms with Crippen molar-refractivity contribution in [3.63, 3.8) is 0 Å². The molecule has 2 aromatic heterocycles. The Bertz CT molecular complexity index is 1160. The summed E-state index contributed by atoms with van der Waals surface area (Å²) in [7, 11) is 3.20. The predicted octanol–water partition coefficient (Wildman–Crippen LogP) is 3.65. The number of hydrogen-bond donors (Lipinski definition) is 0. The number of hydrogen-bond acceptors (Lipinski definition) is 4. The van der Waals surface area contributed by atoms with Crippen LogP contribution in [0.5, 0.6) is 5.75 Å². The Kier molecular flexibility index (Phi) is 4.49. The maximum absolute atomic E-state index is 14.0. The van der Waals surface area contributed by atoms with Crippen molar-refractivity contribution in [1.82, 2.24) is 19.1 Å². The fourth-order valence-electron chi connectivity index (χ4n) is 3.06. The van der Waals surface area contributed by atoms with E-state index in [1.54, 1.807) is 53.2 Å². The fraction of sp³-hybridized carbons (Fsp3) is 0.0952. The highest BCUT2D eigenvalue weighted by atomic mass is 19.1. The average molecular weight is 376 g/mol. The average Bonchev–Trinajstić information content (AvgIpc) is 3.37. The van der Waals surface area contributed by atoms with Gasteiger partial charge in [-0.3, -0.25) is 4.79 Å². The number of aryl methyl sites for hydroxylation is 1. The normalized spacial score (nSPS) is 10.8. The third-order valence-electron chi connectivity index (χ3n) is 4.47. The number of halogens is 1. The molecule has 2 heterocycles. The van der Waals surface area contributed by atoms with Crippen LogP contribution in [-0.4, -0.2) is 32.0 Å². The molecule has 4 aromatic rings. The number of ketones is 1. The lowest BCUT2D eigenvalue weighted by molar-refractivity contribution is 0.102. The van der Waals surface area contributed by atoms with Crippen LogP contribution in [0.25, 0.3) is 16.8 Å². The van der Waals surface area contributed by atoms with Crippen LogP contribution < -0.4 is 4.74 Å². The van der Waals surface area contributed by atoms with Crippen molar-refractivity contribution in [2.24, 2.45) is 7.05 Å². The summed E-state index contributed by atoms with van der Waals surface area (Å²) in [5.41, 5.74) is 2.52. The summed E-state index contributed by atoms with van der Waals surface area (Å²) in [6, 6.07) is 12.3. The lowest BCUT2D eigenvalue weighted by Gasteiger charge is -2.11. The zero-order valence-corrected chi connectivity index (χ0v) is 15.3. The Morgan fingerprint density at radius 2 is 1.96 bits per heavy atom. The molecule has 0 atom stereocenters. The van der Waals surface area contributed by atoms with E-state index in [0.29, 0.717) is 17.1 Å². The third kappa shape index (κ3) is 3.07. The van der Waals surface area contributed by atoms with E-state index in [0.717, 1.165) is 11.3 Å². The zero-order valence-electron chi connectivity index (χ0n) is 15.3. The van der Waals surface area contributed by atoms with Crippen LogP contribution in [0, 0.1) is 5.82 Å². The fourth-order valence-corrected chi connectivity index (χ4v) is 3.06. The highest BCUT2D eigenvalue weighted by Crippen LogP contribution is 2.33. The van der Waals surface area contributed by atoms with Crippen molar-refractivity contribution >= 4 is 5.78 Å². The quantitative estimate of drug-likeness (QED) is 0.499. The molecule has 7 heteroatoms. The summed E-state index contributed by atoms with van der Waals surface area (Å²) in [6.45, 7) is 0. The molecule has 0 saturated heterocycles. The van der Waals surface area contributed by atoms with Gasteiger partial charge >= 0.3 is 0 Å². The summed E-state index contributed by atoms with van der Waals surface area (Å²) in [5, 5.41) is 0. The van der Waals surface area contributed by atoms with Gasteiger partial charge in [0, 0.05) is 36.9 Å². The molecule has 0 aliphatic rings. The van der Waals surface area contributed by atoms with E-state index in [1.807, 2.05) is 24.3 Å². The Morgan fingerprint density at radius 3 is 2.71 bits per heavy atom. The molecule has 28 heavy (non-hydrogen) atoms. The molecule has 0 aliphatic heterocycles. The second-order valence-electron chi connectivity index (χ2n) is 6.23. The number of para-hydroxylation sites is 1. The number of methoxy groups -OCH3 is 1. The number of benzene rings is 2. The summed E-state index contributed by atoms with van der Waals surface area (Å²) in [4.78, 5) is 20.9. The number of ether oxygens (including phenoxy) is 1. The van der Waals surface area contributed by atoms with E-state index in [-0.39, 0.29) is 11.5 Å². The number of carbonyl (C=O) groups excluding carboxylic acids is 1. The molecule has 4 rings (SSSR count). The molecule has 0 fully saturated rings. The minimum absolute atomic E-state index is 0.191. The highest BCUT2D eigenvalue weighted by molar-refractivity contribution is 6.05. The predicted molar refractivity (Wildman–Crippen MR) is 102 cm³/mol. The van der Waals surface area contributed by atoms with Gasteiger partial charge in [-0.05, 0) is 23.8 Å². The van der Waals surface area contributed by atoms with E-state index >= 15 is 0 Å². The molecule has 0 radical (unpaired) electrons. The topological polar surface area (TPSA) is 61.9 Å². The lowest BCUT2D eigenvalue weighted by atomic mass is 10.0. The second-order valence-corrected chi connectivity index (χ2v) is 6.23. The Morgan fingerprint density at radius 1 is 1.14 bits per heavy atom. The molecule has 2 aromatic carbocycles. The van der Waals surface area contributed by atoms with Gasteiger partial charge in [0.1, 0.15) is 12.0 Å². The molecule has 0 aliphatic carbocycles. The smallest absolute Gasteiger partial charge is 0.248 e. The first-order valence-electron chi connectivity index (χ1n) is 8.58. The summed E-state index contributed by atoms with van der Waals surface area (Å²) in [5.74, 6) is -0.162. The van der Waals surface area contributed by atoms with Gasteiger partial charge < -0.3 is 13.9 Å². The molecule has 0 amide bonds. The van der Waals surface area contributed by atoms with Crippen molar-refractivity contribution in [2.75, 3.05) is 7.11 Å². The van der Waals surface area contributed by atoms with Crippen LogP contribution in [0.1, 0.15) is 16.3 Å². The van der Waals surface area contributed by atoms with Crippen LogP contribution in [0.2, 0.25) is 0 Å². The minimum Gasteiger partial charge on any atom is -0.493 e. The minimum atomic E-state index is -0.420. The van der Waals surface area contributed by atoms with Gasteiger partial charge in [0.15, 0.2) is 17.4 Å². The Hall–Kier alpha value is -3.74. The number of imidazole rings is 2. The Balaban J connectivity index is 1.70. The molecular formula is C21H17FN4O2. The standard InChI is InChI=1S/C21H17FN4O2/c1-25-10-9-23-21(25)19(27)18-12-26(13-24-18)15-6-3-5-14(11-15)16-7-4-8-17(22)20(16)28-2/h3-13H,1-2H3. The van der Waals surface area contributed by atoms with Crippen molar-refractivity contribution in [3.05, 3.63) is 84.7 Å². The second kappa shape index (κ2) is 7.11. The zero-order chi connectivity index (χ0) is 19.7. The number of rotatable bonds is 5. The third-order valence-corrected chi connectivity index (χ3v) is 4.47. The maximum Gasteiger partial charge on any atom is 0.248 e. The number of aromatic nitrogens is 4. The first-order chi connectivity index (χ1) is 13.6. The molecular weight excluding hydrogens is 359 g/mol. The van der Waals surface area contributed by atoms with Crippen LogP contribution >= 0.6 is 0 Å². The summed E-state index contributed by atoms with van der Waals surface area (Å²) in [6.07, 6.45) is 6.50. The maximum atomic E-state index is 14.0. The molecule has 0 saturated carbocycles. The molecule has 6 nitrogen and oxygen atoms in total. The van der Waals surface area contributed by atoms with E-state index in [1.165, 1.54) is 13.2 Å². The lowest BCUT2D eigenvalue weighted by Crippen LogP contribution is -2.09. The monoisotopic (exact) mass is 376 g/mol. The molecule has 0 spiro atoms. The number of carbonyl (C=O) groups is 1. The van der Waals surface area contributed by atoms with Crippen LogP contribution in [0.4, 0.5) is 4.39 Å². The van der Waals surface area contributed by atoms with Gasteiger partial charge in [-0.25, -0.2) is 14.4 Å². The van der Waals surface area contributed by atoms with E-state index in [4.69, 9.17) is 4.74 Å². The van der Waals surface area contributed by atoms with Gasteiger partial charge in [0.05, 0.1) is 7.11 Å². The van der Waals surface area contributed by atoms with Gasteiger partial charge in [0.2, 0.25) is 5.78 Å². The van der Waals surface area contributed by atoms with Gasteiger partial charge in [-0.2, -0.15) is 0 Å². The first-order valence-corrected chi connectivity index (χ1v) is 8.58. The molecule has 0 bridgehead atoms. The van der Waals surface area contributed by atoms with Crippen molar-refractivity contribution in [3.8, 4) is 22.6 Å². The molecule has 0 unspecified atom stereocenters. The Labute approximate surface area is 160 Å². The first kappa shape index (κ1) is 17.7. The van der Waals surface area contributed by atoms with E-state index in [2.05, 4.69) is 9.97 Å². The van der Waals surface area contributed by atoms with Crippen LogP contribution in [0.3, 0.4) is 0 Å². The van der Waals surface area contributed by atoms with Crippen LogP contribution in [0.15, 0.2) is 67.4 Å². The van der Waals surface area contributed by atoms with Crippen molar-refractivity contribution in [2.45, 2.75) is 0 Å². The van der Waals surface area contributed by atoms with Gasteiger partial charge in [0.25, 0.3) is 0 Å². The SMILES string of the molecule is COc1c(F)cccc1-c1cccc(-n2cnc(C(=O)c3nccn3C)c2)c1. The summed E-state index contributed by atoms with van der Waals surface area (Å²) < 4.78 is 22.6. The molecule has 140 valence electrons. The van der Waals surface area contributed by atoms with Crippen LogP contribution in [-0.2, 0) is 7.05 Å². The van der Waals surface area contributed by atoms with E-state index < -0.39 is 5.82 Å². The van der Waals surface area contributed by atoms with Crippen molar-refractivity contribution in [1.29, 1.82) is 0 Å². The molecule has 0 N–H and O–H groups in total. The highest BCUT2D eigenvalue weighted by Gasteiger charge is 2.17. The van der Waals surface area contributed by atoms with E-state index in [9.17, 15) is 9.18 Å². The van der Waals surface area contributed by atoms with Gasteiger partial charge in [-0.1, -0.05) is 24.3 Å². The summed E-state index contributed by atoms with van der Waals surface area (Å²) >= 11 is 0. The number of nitrogens with zero attached hydrogens (tertiary/aromatic N) is 4. The largest absolute Gasteiger partial charge is 0.493 e. The van der Waals surface area contributed by atoms with Crippen molar-refractivity contribution < 1.29 is 13.9 Å². The van der Waals surface area contributed by atoms with Gasteiger partial charge in [-0.15, -0.1) is 0 Å².